The molecule has 36 heavy (non-hydrogen) atoms. The highest BCUT2D eigenvalue weighted by atomic mass is 19.1. The number of allylic oxidation sites excluding steroid dienone is 2. The smallest absolute Gasteiger partial charge is 0.506 e. The summed E-state index contributed by atoms with van der Waals surface area (Å²) in [6, 6.07) is 8.07. The van der Waals surface area contributed by atoms with Crippen molar-refractivity contribution < 1.29 is 37.8 Å². The van der Waals surface area contributed by atoms with Crippen LogP contribution in [0.3, 0.4) is 0 Å². The zero-order valence-electron chi connectivity index (χ0n) is 19.9. The number of hydrogen-bond acceptors (Lipinski definition) is 8. The van der Waals surface area contributed by atoms with Crippen molar-refractivity contribution in [1.29, 1.82) is 0 Å². The number of pyridine rings is 1. The van der Waals surface area contributed by atoms with Gasteiger partial charge < -0.3 is 33.9 Å². The summed E-state index contributed by atoms with van der Waals surface area (Å²) in [4.78, 5) is 16.5. The number of nitrogens with one attached hydrogen (secondary N) is 1. The van der Waals surface area contributed by atoms with E-state index in [0.717, 1.165) is 11.1 Å². The van der Waals surface area contributed by atoms with Crippen molar-refractivity contribution in [1.82, 2.24) is 10.3 Å². The van der Waals surface area contributed by atoms with Crippen LogP contribution in [-0.2, 0) is 11.3 Å². The van der Waals surface area contributed by atoms with E-state index >= 15 is 0 Å². The number of nitrogens with zero attached hydrogens (tertiary/aromatic N) is 1. The molecule has 0 saturated carbocycles. The van der Waals surface area contributed by atoms with Crippen molar-refractivity contribution in [2.24, 2.45) is 0 Å². The van der Waals surface area contributed by atoms with Gasteiger partial charge in [0.2, 0.25) is 11.9 Å². The highest BCUT2D eigenvalue weighted by Gasteiger charge is 2.27. The molecule has 1 aromatic carbocycles. The number of aromatic nitrogens is 1. The standard InChI is InChI=1S/C25H24BFN2O7/c1-14-17(7-15-8-21(33-2)25(36-26(31)32)22(9-15)34-3)19-10-23(27)28-13-20(19)18(14)11-24(30)29-12-16-5-4-6-35-16/h4-10,13,31-32H,11-12H2,1-3H3,(H,29,30). The van der Waals surface area contributed by atoms with E-state index in [1.54, 1.807) is 30.3 Å². The molecule has 1 aliphatic rings. The fourth-order valence-electron chi connectivity index (χ4n) is 4.07. The van der Waals surface area contributed by atoms with E-state index < -0.39 is 13.3 Å². The molecule has 3 N–H and O–H groups in total. The Morgan fingerprint density at radius 1 is 1.19 bits per heavy atom. The Morgan fingerprint density at radius 3 is 2.53 bits per heavy atom. The van der Waals surface area contributed by atoms with Crippen LogP contribution >= 0.6 is 0 Å². The number of hydrogen-bond donors (Lipinski definition) is 3. The molecule has 3 aromatic rings. The lowest BCUT2D eigenvalue weighted by atomic mass is 10.0. The lowest BCUT2D eigenvalue weighted by Gasteiger charge is -2.15. The van der Waals surface area contributed by atoms with Gasteiger partial charge in [-0.15, -0.1) is 0 Å². The first-order valence-corrected chi connectivity index (χ1v) is 11.0. The van der Waals surface area contributed by atoms with Gasteiger partial charge in [0.1, 0.15) is 5.76 Å². The molecule has 0 atom stereocenters. The molecule has 0 unspecified atom stereocenters. The molecule has 0 aliphatic heterocycles. The summed E-state index contributed by atoms with van der Waals surface area (Å²) >= 11 is 0. The fourth-order valence-corrected chi connectivity index (χ4v) is 4.07. The predicted octanol–water partition coefficient (Wildman–Crippen LogP) is 3.21. The number of furan rings is 1. The third kappa shape index (κ3) is 5.27. The molecule has 9 nitrogen and oxygen atoms in total. The first-order chi connectivity index (χ1) is 17.3. The molecule has 4 rings (SSSR count). The quantitative estimate of drug-likeness (QED) is 0.306. The van der Waals surface area contributed by atoms with Crippen molar-refractivity contribution in [2.75, 3.05) is 14.2 Å². The predicted molar refractivity (Wildman–Crippen MR) is 130 cm³/mol. The molecule has 11 heteroatoms. The Labute approximate surface area is 207 Å². The Bertz CT molecular complexity index is 1310. The zero-order chi connectivity index (χ0) is 25.8. The van der Waals surface area contributed by atoms with Crippen LogP contribution in [0.15, 0.2) is 52.8 Å². The van der Waals surface area contributed by atoms with Crippen LogP contribution in [0.4, 0.5) is 4.39 Å². The molecular formula is C25H24BFN2O7. The Hall–Kier alpha value is -4.09. The minimum absolute atomic E-state index is 0.0143. The van der Waals surface area contributed by atoms with Gasteiger partial charge in [-0.1, -0.05) is 0 Å². The van der Waals surface area contributed by atoms with Gasteiger partial charge in [0.05, 0.1) is 33.4 Å². The normalized spacial score (nSPS) is 13.6. The number of carbonyl (C=O) groups excluding carboxylic acids is 1. The maximum Gasteiger partial charge on any atom is 0.707 e. The summed E-state index contributed by atoms with van der Waals surface area (Å²) in [5.41, 5.74) is 4.08. The van der Waals surface area contributed by atoms with E-state index in [0.29, 0.717) is 28.0 Å². The summed E-state index contributed by atoms with van der Waals surface area (Å²) in [6.07, 6.45) is 4.82. The number of carbonyl (C=O) groups is 1. The van der Waals surface area contributed by atoms with Gasteiger partial charge in [0, 0.05) is 17.8 Å². The third-order valence-electron chi connectivity index (χ3n) is 5.74. The molecule has 0 radical (unpaired) electrons. The van der Waals surface area contributed by atoms with Crippen molar-refractivity contribution in [3.05, 3.63) is 76.8 Å². The number of benzene rings is 1. The number of rotatable bonds is 9. The minimum atomic E-state index is -2.07. The molecule has 2 heterocycles. The number of amides is 1. The van der Waals surface area contributed by atoms with E-state index in [-0.39, 0.29) is 36.1 Å². The molecule has 186 valence electrons. The second kappa shape index (κ2) is 10.7. The van der Waals surface area contributed by atoms with Crippen LogP contribution in [0.1, 0.15) is 35.8 Å². The van der Waals surface area contributed by atoms with Gasteiger partial charge in [-0.2, -0.15) is 4.39 Å². The van der Waals surface area contributed by atoms with Gasteiger partial charge in [-0.25, -0.2) is 4.98 Å². The van der Waals surface area contributed by atoms with Gasteiger partial charge >= 0.3 is 7.32 Å². The molecule has 1 amide bonds. The van der Waals surface area contributed by atoms with Crippen molar-refractivity contribution in [3.63, 3.8) is 0 Å². The summed E-state index contributed by atoms with van der Waals surface area (Å²) in [5.74, 6) is 0.186. The Balaban J connectivity index is 1.71. The minimum Gasteiger partial charge on any atom is -0.506 e. The number of methoxy groups -OCH3 is 2. The zero-order valence-corrected chi connectivity index (χ0v) is 19.9. The SMILES string of the molecule is COc1cc(C=C2C(C)=C(CC(=O)NCc3ccco3)c3cnc(F)cc32)cc(OC)c1OB(O)O. The molecule has 0 saturated heterocycles. The maximum atomic E-state index is 14.1. The van der Waals surface area contributed by atoms with E-state index in [1.807, 2.05) is 6.92 Å². The second-order valence-corrected chi connectivity index (χ2v) is 7.95. The van der Waals surface area contributed by atoms with Crippen LogP contribution in [0, 0.1) is 5.95 Å². The van der Waals surface area contributed by atoms with E-state index in [9.17, 15) is 19.2 Å². The van der Waals surface area contributed by atoms with Crippen LogP contribution in [-0.4, -0.2) is 42.5 Å². The van der Waals surface area contributed by atoms with Crippen LogP contribution in [0.25, 0.3) is 17.2 Å². The van der Waals surface area contributed by atoms with Crippen molar-refractivity contribution in [2.45, 2.75) is 19.9 Å². The second-order valence-electron chi connectivity index (χ2n) is 7.95. The fraction of sp³-hybridized carbons (Fsp3) is 0.200. The van der Waals surface area contributed by atoms with E-state index in [4.69, 9.17) is 18.5 Å². The monoisotopic (exact) mass is 494 g/mol. The first kappa shape index (κ1) is 25.0. The summed E-state index contributed by atoms with van der Waals surface area (Å²) < 4.78 is 35.1. The van der Waals surface area contributed by atoms with E-state index in [2.05, 4.69) is 10.3 Å². The van der Waals surface area contributed by atoms with Crippen LogP contribution in [0.5, 0.6) is 17.2 Å². The van der Waals surface area contributed by atoms with Gasteiger partial charge in [0.25, 0.3) is 0 Å². The highest BCUT2D eigenvalue weighted by Crippen LogP contribution is 2.45. The van der Waals surface area contributed by atoms with Crippen molar-refractivity contribution >= 4 is 30.5 Å². The van der Waals surface area contributed by atoms with Crippen LogP contribution < -0.4 is 19.4 Å². The molecule has 0 fully saturated rings. The topological polar surface area (TPSA) is 123 Å². The largest absolute Gasteiger partial charge is 0.707 e. The number of halogens is 1. The first-order valence-electron chi connectivity index (χ1n) is 11.0. The molecule has 0 spiro atoms. The third-order valence-corrected chi connectivity index (χ3v) is 5.74. The Morgan fingerprint density at radius 2 is 1.92 bits per heavy atom. The molecule has 2 aromatic heterocycles. The summed E-state index contributed by atoms with van der Waals surface area (Å²) in [7, 11) is 0.735. The average Bonchev–Trinajstić information content (AvgIpc) is 3.46. The van der Waals surface area contributed by atoms with Gasteiger partial charge in [-0.3, -0.25) is 4.79 Å². The molecular weight excluding hydrogens is 470 g/mol. The average molecular weight is 494 g/mol. The summed E-state index contributed by atoms with van der Waals surface area (Å²) in [5, 5.41) is 21.3. The molecule has 1 aliphatic carbocycles. The lowest BCUT2D eigenvalue weighted by Crippen LogP contribution is -2.22. The maximum absolute atomic E-state index is 14.1. The lowest BCUT2D eigenvalue weighted by molar-refractivity contribution is -0.120. The van der Waals surface area contributed by atoms with Gasteiger partial charge in [0.15, 0.2) is 17.2 Å². The summed E-state index contributed by atoms with van der Waals surface area (Å²) in [6.45, 7) is 2.11. The van der Waals surface area contributed by atoms with Crippen molar-refractivity contribution in [3.8, 4) is 17.2 Å². The molecule has 0 bridgehead atoms. The van der Waals surface area contributed by atoms with E-state index in [1.165, 1.54) is 32.7 Å². The van der Waals surface area contributed by atoms with Gasteiger partial charge in [-0.05, 0) is 65.1 Å². The highest BCUT2D eigenvalue weighted by molar-refractivity contribution is 6.34. The Kier molecular flexibility index (Phi) is 7.42. The van der Waals surface area contributed by atoms with Crippen LogP contribution in [0.2, 0.25) is 0 Å². The number of ether oxygens (including phenoxy) is 2. The number of fused-ring (bicyclic) bond motifs is 1.